The monoisotopic (exact) mass is 469 g/mol. The summed E-state index contributed by atoms with van der Waals surface area (Å²) >= 11 is 1.54. The van der Waals surface area contributed by atoms with E-state index in [1.807, 2.05) is 19.0 Å². The van der Waals surface area contributed by atoms with E-state index in [-0.39, 0.29) is 5.91 Å². The fourth-order valence-corrected chi connectivity index (χ4v) is 4.58. The Labute approximate surface area is 199 Å². The molecule has 7 nitrogen and oxygen atoms in total. The van der Waals surface area contributed by atoms with Crippen molar-refractivity contribution in [3.05, 3.63) is 47.0 Å². The first-order chi connectivity index (χ1) is 15.8. The van der Waals surface area contributed by atoms with Crippen molar-refractivity contribution in [2.45, 2.75) is 13.8 Å². The summed E-state index contributed by atoms with van der Waals surface area (Å²) in [5.74, 6) is 1.44. The van der Waals surface area contributed by atoms with E-state index < -0.39 is 0 Å². The lowest BCUT2D eigenvalue weighted by Gasteiger charge is -2.20. The normalized spacial score (nSPS) is 11.4. The molecule has 8 heteroatoms. The van der Waals surface area contributed by atoms with Gasteiger partial charge in [-0.15, -0.1) is 0 Å². The van der Waals surface area contributed by atoms with E-state index in [0.717, 1.165) is 27.9 Å². The van der Waals surface area contributed by atoms with Gasteiger partial charge in [-0.3, -0.25) is 9.69 Å². The number of anilines is 1. The minimum Gasteiger partial charge on any atom is -0.493 e. The van der Waals surface area contributed by atoms with Crippen molar-refractivity contribution in [2.24, 2.45) is 0 Å². The molecule has 0 spiro atoms. The predicted octanol–water partition coefficient (Wildman–Crippen LogP) is 4.55. The molecular formula is C25H31N3O4S. The van der Waals surface area contributed by atoms with Gasteiger partial charge in [-0.05, 0) is 68.9 Å². The van der Waals surface area contributed by atoms with E-state index in [2.05, 4.69) is 26.0 Å². The first-order valence-electron chi connectivity index (χ1n) is 10.6. The van der Waals surface area contributed by atoms with Crippen LogP contribution in [0, 0.1) is 13.8 Å². The van der Waals surface area contributed by atoms with E-state index in [1.165, 1.54) is 5.56 Å². The maximum Gasteiger partial charge on any atom is 0.252 e. The Balaban J connectivity index is 1.95. The molecule has 3 aromatic rings. The lowest BCUT2D eigenvalue weighted by Crippen LogP contribution is -2.35. The largest absolute Gasteiger partial charge is 0.493 e. The van der Waals surface area contributed by atoms with Gasteiger partial charge in [0, 0.05) is 19.2 Å². The zero-order valence-corrected chi connectivity index (χ0v) is 21.1. The van der Waals surface area contributed by atoms with Gasteiger partial charge in [0.1, 0.15) is 0 Å². The van der Waals surface area contributed by atoms with Crippen molar-refractivity contribution in [1.82, 2.24) is 9.88 Å². The smallest absolute Gasteiger partial charge is 0.252 e. The molecule has 0 bridgehead atoms. The highest BCUT2D eigenvalue weighted by molar-refractivity contribution is 7.22. The zero-order valence-electron chi connectivity index (χ0n) is 20.3. The summed E-state index contributed by atoms with van der Waals surface area (Å²) in [7, 11) is 8.66. The summed E-state index contributed by atoms with van der Waals surface area (Å²) in [4.78, 5) is 21.8. The molecule has 176 valence electrons. The number of nitrogens with zero attached hydrogens (tertiary/aromatic N) is 3. The summed E-state index contributed by atoms with van der Waals surface area (Å²) in [6.45, 7) is 5.38. The van der Waals surface area contributed by atoms with Crippen molar-refractivity contribution in [3.8, 4) is 17.2 Å². The number of thiazole rings is 1. The molecule has 0 unspecified atom stereocenters. The lowest BCUT2D eigenvalue weighted by molar-refractivity contribution is -0.114. The molecule has 0 aliphatic heterocycles. The van der Waals surface area contributed by atoms with Crippen LogP contribution in [0.1, 0.15) is 16.7 Å². The van der Waals surface area contributed by atoms with Crippen LogP contribution in [0.2, 0.25) is 0 Å². The average Bonchev–Trinajstić information content (AvgIpc) is 3.20. The zero-order chi connectivity index (χ0) is 24.1. The van der Waals surface area contributed by atoms with Gasteiger partial charge in [0.2, 0.25) is 5.75 Å². The third-order valence-electron chi connectivity index (χ3n) is 5.18. The van der Waals surface area contributed by atoms with Gasteiger partial charge in [-0.2, -0.15) is 0 Å². The Morgan fingerprint density at radius 1 is 1.00 bits per heavy atom. The Morgan fingerprint density at radius 3 is 2.24 bits per heavy atom. The van der Waals surface area contributed by atoms with E-state index in [9.17, 15) is 4.79 Å². The Hall–Kier alpha value is -3.10. The number of fused-ring (bicyclic) bond motifs is 1. The number of rotatable bonds is 9. The fourth-order valence-electron chi connectivity index (χ4n) is 3.54. The van der Waals surface area contributed by atoms with Crippen molar-refractivity contribution in [2.75, 3.05) is 53.4 Å². The molecule has 1 heterocycles. The molecule has 0 saturated heterocycles. The molecular weight excluding hydrogens is 438 g/mol. The number of hydrogen-bond acceptors (Lipinski definition) is 7. The summed E-state index contributed by atoms with van der Waals surface area (Å²) in [5, 5.41) is 0.695. The SMILES string of the molecule is COc1cc(/C=C/C(=O)N(CCN(C)C)c2nc3cc(C)cc(C)c3s2)cc(OC)c1OC. The number of ether oxygens (including phenoxy) is 3. The van der Waals surface area contributed by atoms with Crippen LogP contribution in [0.3, 0.4) is 0 Å². The summed E-state index contributed by atoms with van der Waals surface area (Å²) in [6.07, 6.45) is 3.30. The van der Waals surface area contributed by atoms with Crippen molar-refractivity contribution < 1.29 is 19.0 Å². The number of amides is 1. The molecule has 0 atom stereocenters. The highest BCUT2D eigenvalue weighted by atomic mass is 32.1. The van der Waals surface area contributed by atoms with Gasteiger partial charge in [0.05, 0.1) is 31.5 Å². The molecule has 0 aliphatic rings. The van der Waals surface area contributed by atoms with Gasteiger partial charge < -0.3 is 19.1 Å². The van der Waals surface area contributed by atoms with Crippen molar-refractivity contribution in [3.63, 3.8) is 0 Å². The van der Waals surface area contributed by atoms with Gasteiger partial charge in [0.25, 0.3) is 5.91 Å². The van der Waals surface area contributed by atoms with Gasteiger partial charge >= 0.3 is 0 Å². The van der Waals surface area contributed by atoms with Crippen LogP contribution in [0.15, 0.2) is 30.3 Å². The van der Waals surface area contributed by atoms with Gasteiger partial charge in [-0.1, -0.05) is 17.4 Å². The number of hydrogen-bond donors (Lipinski definition) is 0. The number of benzene rings is 2. The van der Waals surface area contributed by atoms with Crippen molar-refractivity contribution >= 4 is 38.7 Å². The minimum absolute atomic E-state index is 0.140. The third-order valence-corrected chi connectivity index (χ3v) is 6.41. The first kappa shape index (κ1) is 24.5. The standard InChI is InChI=1S/C25H31N3O4S/c1-16-12-17(2)24-19(13-16)26-25(33-24)28(11-10-27(3)4)22(29)9-8-18-14-20(30-5)23(32-7)21(15-18)31-6/h8-9,12-15H,10-11H2,1-7H3/b9-8+. The quantitative estimate of drug-likeness (QED) is 0.429. The third kappa shape index (κ3) is 5.64. The molecule has 0 N–H and O–H groups in total. The second kappa shape index (κ2) is 10.7. The number of likely N-dealkylation sites (N-methyl/N-ethyl adjacent to an activating group) is 1. The Kier molecular flexibility index (Phi) is 7.94. The second-order valence-electron chi connectivity index (χ2n) is 8.01. The fraction of sp³-hybridized carbons (Fsp3) is 0.360. The van der Waals surface area contributed by atoms with E-state index in [0.29, 0.717) is 28.9 Å². The van der Waals surface area contributed by atoms with Gasteiger partial charge in [0.15, 0.2) is 16.6 Å². The van der Waals surface area contributed by atoms with E-state index in [4.69, 9.17) is 19.2 Å². The predicted molar refractivity (Wildman–Crippen MR) is 135 cm³/mol. The number of aromatic nitrogens is 1. The summed E-state index contributed by atoms with van der Waals surface area (Å²) < 4.78 is 17.3. The molecule has 33 heavy (non-hydrogen) atoms. The maximum absolute atomic E-state index is 13.3. The molecule has 1 amide bonds. The molecule has 0 saturated carbocycles. The topological polar surface area (TPSA) is 64.1 Å². The number of carbonyl (C=O) groups excluding carboxylic acids is 1. The molecule has 0 aliphatic carbocycles. The molecule has 0 radical (unpaired) electrons. The number of aryl methyl sites for hydroxylation is 2. The molecule has 3 rings (SSSR count). The lowest BCUT2D eigenvalue weighted by atomic mass is 10.1. The van der Waals surface area contributed by atoms with Crippen LogP contribution in [-0.2, 0) is 4.79 Å². The van der Waals surface area contributed by atoms with E-state index in [1.54, 1.807) is 61.9 Å². The van der Waals surface area contributed by atoms with Crippen molar-refractivity contribution in [1.29, 1.82) is 0 Å². The average molecular weight is 470 g/mol. The maximum atomic E-state index is 13.3. The minimum atomic E-state index is -0.140. The summed E-state index contributed by atoms with van der Waals surface area (Å²) in [5.41, 5.74) is 4.01. The first-order valence-corrected chi connectivity index (χ1v) is 11.4. The molecule has 1 aromatic heterocycles. The number of methoxy groups -OCH3 is 3. The van der Waals surface area contributed by atoms with Crippen LogP contribution >= 0.6 is 11.3 Å². The van der Waals surface area contributed by atoms with Crippen LogP contribution in [-0.4, -0.2) is 64.3 Å². The molecule has 0 fully saturated rings. The highest BCUT2D eigenvalue weighted by Crippen LogP contribution is 2.38. The highest BCUT2D eigenvalue weighted by Gasteiger charge is 2.19. The van der Waals surface area contributed by atoms with E-state index >= 15 is 0 Å². The van der Waals surface area contributed by atoms with Crippen LogP contribution in [0.5, 0.6) is 17.2 Å². The van der Waals surface area contributed by atoms with Crippen LogP contribution in [0.25, 0.3) is 16.3 Å². The Morgan fingerprint density at radius 2 is 1.67 bits per heavy atom. The Bertz CT molecular complexity index is 1140. The van der Waals surface area contributed by atoms with Crippen LogP contribution < -0.4 is 19.1 Å². The number of carbonyl (C=O) groups is 1. The summed E-state index contributed by atoms with van der Waals surface area (Å²) in [6, 6.07) is 7.81. The second-order valence-corrected chi connectivity index (χ2v) is 8.99. The molecule has 2 aromatic carbocycles. The van der Waals surface area contributed by atoms with Gasteiger partial charge in [-0.25, -0.2) is 4.98 Å². The van der Waals surface area contributed by atoms with Crippen LogP contribution in [0.4, 0.5) is 5.13 Å².